The zero-order valence-corrected chi connectivity index (χ0v) is 11.4. The Morgan fingerprint density at radius 3 is 2.78 bits per heavy atom. The number of aryl methyl sites for hydroxylation is 1. The van der Waals surface area contributed by atoms with Crippen LogP contribution in [0, 0.1) is 19.3 Å². The van der Waals surface area contributed by atoms with Gasteiger partial charge in [0, 0.05) is 17.8 Å². The normalized spacial score (nSPS) is 23.9. The van der Waals surface area contributed by atoms with Crippen LogP contribution in [-0.4, -0.2) is 29.2 Å². The van der Waals surface area contributed by atoms with Gasteiger partial charge in [0.15, 0.2) is 5.82 Å². The number of aromatic nitrogens is 2. The third-order valence-electron chi connectivity index (χ3n) is 4.12. The smallest absolute Gasteiger partial charge is 0.233 e. The van der Waals surface area contributed by atoms with Crippen LogP contribution in [0.25, 0.3) is 0 Å². The molecule has 0 radical (unpaired) electrons. The Morgan fingerprint density at radius 2 is 2.28 bits per heavy atom. The fourth-order valence-electron chi connectivity index (χ4n) is 2.47. The Bertz CT molecular complexity index is 432. The van der Waals surface area contributed by atoms with Gasteiger partial charge in [0.1, 0.15) is 0 Å². The van der Waals surface area contributed by atoms with E-state index in [0.717, 1.165) is 43.6 Å². The van der Waals surface area contributed by atoms with Gasteiger partial charge in [-0.2, -0.15) is 5.10 Å². The second kappa shape index (κ2) is 5.10. The second-order valence-electron chi connectivity index (χ2n) is 5.19. The molecule has 5 nitrogen and oxygen atoms in total. The summed E-state index contributed by atoms with van der Waals surface area (Å²) in [6.07, 6.45) is 2.86. The van der Waals surface area contributed by atoms with Crippen LogP contribution in [0.4, 0.5) is 5.82 Å². The summed E-state index contributed by atoms with van der Waals surface area (Å²) in [7, 11) is 0. The van der Waals surface area contributed by atoms with Gasteiger partial charge in [-0.25, -0.2) is 0 Å². The lowest BCUT2D eigenvalue weighted by molar-refractivity contribution is -0.126. The van der Waals surface area contributed by atoms with Gasteiger partial charge in [0.2, 0.25) is 5.91 Å². The van der Waals surface area contributed by atoms with E-state index in [-0.39, 0.29) is 11.3 Å². The lowest BCUT2D eigenvalue weighted by Crippen LogP contribution is -2.47. The van der Waals surface area contributed by atoms with Crippen molar-refractivity contribution in [3.05, 3.63) is 11.3 Å². The Kier molecular flexibility index (Phi) is 3.71. The molecule has 0 bridgehead atoms. The Morgan fingerprint density at radius 1 is 1.50 bits per heavy atom. The number of H-pyrrole nitrogens is 1. The monoisotopic (exact) mass is 250 g/mol. The standard InChI is InChI=1S/C13H22N4O/c1-4-13(6-5-7-14-8-13)12(18)15-11-9(2)10(3)16-17-11/h14H,4-8H2,1-3H3,(H2,15,16,17,18). The van der Waals surface area contributed by atoms with Crippen molar-refractivity contribution in [3.8, 4) is 0 Å². The van der Waals surface area contributed by atoms with Gasteiger partial charge in [0.25, 0.3) is 0 Å². The summed E-state index contributed by atoms with van der Waals surface area (Å²) in [6.45, 7) is 7.77. The van der Waals surface area contributed by atoms with E-state index in [1.807, 2.05) is 13.8 Å². The molecule has 5 heteroatoms. The van der Waals surface area contributed by atoms with Crippen LogP contribution >= 0.6 is 0 Å². The van der Waals surface area contributed by atoms with Crippen molar-refractivity contribution in [2.75, 3.05) is 18.4 Å². The molecule has 0 aliphatic carbocycles. The Balaban J connectivity index is 2.13. The van der Waals surface area contributed by atoms with Crippen molar-refractivity contribution >= 4 is 11.7 Å². The largest absolute Gasteiger partial charge is 0.316 e. The molecule has 1 unspecified atom stereocenters. The van der Waals surface area contributed by atoms with Gasteiger partial charge in [0.05, 0.1) is 5.41 Å². The first-order chi connectivity index (χ1) is 8.59. The molecule has 1 aliphatic rings. The van der Waals surface area contributed by atoms with Crippen LogP contribution in [0.3, 0.4) is 0 Å². The summed E-state index contributed by atoms with van der Waals surface area (Å²) in [4.78, 5) is 12.5. The highest BCUT2D eigenvalue weighted by molar-refractivity contribution is 5.95. The lowest BCUT2D eigenvalue weighted by atomic mass is 9.77. The van der Waals surface area contributed by atoms with Crippen LogP contribution in [0.2, 0.25) is 0 Å². The summed E-state index contributed by atoms with van der Waals surface area (Å²) in [5.41, 5.74) is 1.73. The van der Waals surface area contributed by atoms with E-state index in [2.05, 4.69) is 27.8 Å². The molecule has 1 aromatic rings. The first-order valence-electron chi connectivity index (χ1n) is 6.63. The number of amides is 1. The zero-order chi connectivity index (χ0) is 13.2. The number of carbonyl (C=O) groups is 1. The van der Waals surface area contributed by atoms with E-state index in [1.165, 1.54) is 0 Å². The molecule has 1 amide bonds. The average Bonchev–Trinajstić information content (AvgIpc) is 2.71. The second-order valence-corrected chi connectivity index (χ2v) is 5.19. The van der Waals surface area contributed by atoms with Crippen LogP contribution < -0.4 is 10.6 Å². The summed E-state index contributed by atoms with van der Waals surface area (Å²) < 4.78 is 0. The highest BCUT2D eigenvalue weighted by Crippen LogP contribution is 2.31. The predicted molar refractivity (Wildman–Crippen MR) is 71.5 cm³/mol. The minimum absolute atomic E-state index is 0.0896. The Labute approximate surface area is 108 Å². The van der Waals surface area contributed by atoms with Crippen molar-refractivity contribution in [2.24, 2.45) is 5.41 Å². The van der Waals surface area contributed by atoms with E-state index in [9.17, 15) is 4.79 Å². The molecule has 1 saturated heterocycles. The number of nitrogens with one attached hydrogen (secondary N) is 3. The summed E-state index contributed by atoms with van der Waals surface area (Å²) in [5, 5.41) is 13.3. The predicted octanol–water partition coefficient (Wildman–Crippen LogP) is 1.74. The molecular formula is C13H22N4O. The molecular weight excluding hydrogens is 228 g/mol. The number of nitrogens with zero attached hydrogens (tertiary/aromatic N) is 1. The van der Waals surface area contributed by atoms with Crippen molar-refractivity contribution in [1.82, 2.24) is 15.5 Å². The molecule has 2 heterocycles. The quantitative estimate of drug-likeness (QED) is 0.765. The SMILES string of the molecule is CCC1(C(=O)Nc2n[nH]c(C)c2C)CCCNC1. The van der Waals surface area contributed by atoms with Gasteiger partial charge in [-0.3, -0.25) is 9.89 Å². The van der Waals surface area contributed by atoms with Crippen molar-refractivity contribution in [2.45, 2.75) is 40.0 Å². The van der Waals surface area contributed by atoms with Crippen molar-refractivity contribution < 1.29 is 4.79 Å². The molecule has 0 spiro atoms. The molecule has 1 aromatic heterocycles. The van der Waals surface area contributed by atoms with Gasteiger partial charge in [-0.05, 0) is 39.7 Å². The van der Waals surface area contributed by atoms with E-state index < -0.39 is 0 Å². The highest BCUT2D eigenvalue weighted by Gasteiger charge is 2.38. The summed E-state index contributed by atoms with van der Waals surface area (Å²) in [6, 6.07) is 0. The summed E-state index contributed by atoms with van der Waals surface area (Å²) >= 11 is 0. The molecule has 0 saturated carbocycles. The highest BCUT2D eigenvalue weighted by atomic mass is 16.2. The van der Waals surface area contributed by atoms with Crippen molar-refractivity contribution in [1.29, 1.82) is 0 Å². The molecule has 1 aliphatic heterocycles. The van der Waals surface area contributed by atoms with Crippen LogP contribution in [0.15, 0.2) is 0 Å². The number of carbonyl (C=O) groups excluding carboxylic acids is 1. The van der Waals surface area contributed by atoms with E-state index in [4.69, 9.17) is 0 Å². The minimum Gasteiger partial charge on any atom is -0.316 e. The van der Waals surface area contributed by atoms with Gasteiger partial charge in [-0.1, -0.05) is 6.92 Å². The number of piperidine rings is 1. The number of rotatable bonds is 3. The number of hydrogen-bond donors (Lipinski definition) is 3. The molecule has 100 valence electrons. The Hall–Kier alpha value is -1.36. The molecule has 2 rings (SSSR count). The zero-order valence-electron chi connectivity index (χ0n) is 11.4. The van der Waals surface area contributed by atoms with Gasteiger partial charge < -0.3 is 10.6 Å². The minimum atomic E-state index is -0.280. The van der Waals surface area contributed by atoms with Crippen LogP contribution in [0.5, 0.6) is 0 Å². The van der Waals surface area contributed by atoms with E-state index >= 15 is 0 Å². The number of anilines is 1. The molecule has 18 heavy (non-hydrogen) atoms. The molecule has 1 atom stereocenters. The maximum Gasteiger partial charge on any atom is 0.233 e. The average molecular weight is 250 g/mol. The fourth-order valence-corrected chi connectivity index (χ4v) is 2.47. The first-order valence-corrected chi connectivity index (χ1v) is 6.63. The van der Waals surface area contributed by atoms with Gasteiger partial charge >= 0.3 is 0 Å². The third-order valence-corrected chi connectivity index (χ3v) is 4.12. The van der Waals surface area contributed by atoms with E-state index in [1.54, 1.807) is 0 Å². The van der Waals surface area contributed by atoms with E-state index in [0.29, 0.717) is 5.82 Å². The summed E-state index contributed by atoms with van der Waals surface area (Å²) in [5.74, 6) is 0.752. The fraction of sp³-hybridized carbons (Fsp3) is 0.692. The van der Waals surface area contributed by atoms with Crippen molar-refractivity contribution in [3.63, 3.8) is 0 Å². The molecule has 0 aromatic carbocycles. The maximum atomic E-state index is 12.5. The van der Waals surface area contributed by atoms with Crippen LogP contribution in [-0.2, 0) is 4.79 Å². The van der Waals surface area contributed by atoms with Crippen LogP contribution in [0.1, 0.15) is 37.4 Å². The number of aromatic amines is 1. The molecule has 1 fully saturated rings. The third kappa shape index (κ3) is 2.27. The first kappa shape index (κ1) is 13.1. The number of hydrogen-bond acceptors (Lipinski definition) is 3. The lowest BCUT2D eigenvalue weighted by Gasteiger charge is -2.35. The topological polar surface area (TPSA) is 69.8 Å². The maximum absolute atomic E-state index is 12.5. The van der Waals surface area contributed by atoms with Gasteiger partial charge in [-0.15, -0.1) is 0 Å². The molecule has 3 N–H and O–H groups in total.